The van der Waals surface area contributed by atoms with Crippen LogP contribution in [-0.4, -0.2) is 55.9 Å². The predicted octanol–water partition coefficient (Wildman–Crippen LogP) is 1.56. The van der Waals surface area contributed by atoms with Gasteiger partial charge in [0.25, 0.3) is 0 Å². The number of aliphatic hydroxyl groups excluding tert-OH is 1. The quantitative estimate of drug-likeness (QED) is 0.739. The van der Waals surface area contributed by atoms with Crippen molar-refractivity contribution in [2.75, 3.05) is 33.9 Å². The number of hydrogen-bond acceptors (Lipinski definition) is 4. The number of nitrogens with zero attached hydrogens (tertiary/aromatic N) is 1. The van der Waals surface area contributed by atoms with Gasteiger partial charge in [-0.05, 0) is 30.7 Å². The van der Waals surface area contributed by atoms with Gasteiger partial charge in [-0.2, -0.15) is 0 Å². The number of ether oxygens (including phenoxy) is 2. The van der Waals surface area contributed by atoms with Gasteiger partial charge in [-0.15, -0.1) is 0 Å². The summed E-state index contributed by atoms with van der Waals surface area (Å²) in [6.45, 7) is 3.00. The highest BCUT2D eigenvalue weighted by Gasteiger charge is 2.11. The van der Waals surface area contributed by atoms with E-state index in [9.17, 15) is 9.90 Å². The van der Waals surface area contributed by atoms with Gasteiger partial charge in [0, 0.05) is 26.8 Å². The molecule has 21 heavy (non-hydrogen) atoms. The summed E-state index contributed by atoms with van der Waals surface area (Å²) in [5, 5.41) is 9.58. The van der Waals surface area contributed by atoms with Crippen LogP contribution in [0.3, 0.4) is 0 Å². The van der Waals surface area contributed by atoms with Crippen molar-refractivity contribution in [3.63, 3.8) is 0 Å². The van der Waals surface area contributed by atoms with Crippen LogP contribution in [0.15, 0.2) is 30.3 Å². The minimum Gasteiger partial charge on any atom is -0.494 e. The van der Waals surface area contributed by atoms with Crippen LogP contribution in [0.2, 0.25) is 0 Å². The zero-order valence-electron chi connectivity index (χ0n) is 12.8. The van der Waals surface area contributed by atoms with Gasteiger partial charge in [-0.3, -0.25) is 4.79 Å². The Kier molecular flexibility index (Phi) is 7.50. The molecule has 0 aliphatic carbocycles. The van der Waals surface area contributed by atoms with Crippen molar-refractivity contribution in [2.24, 2.45) is 0 Å². The van der Waals surface area contributed by atoms with E-state index in [1.54, 1.807) is 13.1 Å². The summed E-state index contributed by atoms with van der Waals surface area (Å²) in [4.78, 5) is 13.3. The average molecular weight is 293 g/mol. The number of carbonyl (C=O) groups is 1. The van der Waals surface area contributed by atoms with Crippen LogP contribution < -0.4 is 4.74 Å². The Labute approximate surface area is 125 Å². The van der Waals surface area contributed by atoms with Crippen LogP contribution in [0.25, 0.3) is 6.08 Å². The Morgan fingerprint density at radius 1 is 1.38 bits per heavy atom. The number of benzene rings is 1. The molecule has 5 heteroatoms. The molecule has 0 saturated heterocycles. The number of amides is 1. The van der Waals surface area contributed by atoms with Gasteiger partial charge in [0.05, 0.1) is 19.3 Å². The molecule has 1 aromatic carbocycles. The zero-order valence-corrected chi connectivity index (χ0v) is 12.8. The Hall–Kier alpha value is -1.85. The highest BCUT2D eigenvalue weighted by atomic mass is 16.5. The van der Waals surface area contributed by atoms with Crippen molar-refractivity contribution in [3.05, 3.63) is 35.9 Å². The van der Waals surface area contributed by atoms with Gasteiger partial charge in [-0.25, -0.2) is 0 Å². The molecule has 1 unspecified atom stereocenters. The summed E-state index contributed by atoms with van der Waals surface area (Å²) in [7, 11) is 3.15. The normalized spacial score (nSPS) is 12.4. The van der Waals surface area contributed by atoms with E-state index < -0.39 is 6.10 Å². The molecule has 0 bridgehead atoms. The zero-order chi connectivity index (χ0) is 15.7. The lowest BCUT2D eigenvalue weighted by Crippen LogP contribution is -2.35. The molecule has 116 valence electrons. The number of likely N-dealkylation sites (N-methyl/N-ethyl adjacent to an activating group) is 1. The SMILES string of the molecule is CCOc1ccc(C=CC(=O)N(C)CC(O)COC)cc1. The molecule has 1 atom stereocenters. The molecule has 5 nitrogen and oxygen atoms in total. The van der Waals surface area contributed by atoms with Crippen LogP contribution in [0.4, 0.5) is 0 Å². The first-order valence-electron chi connectivity index (χ1n) is 6.89. The fraction of sp³-hybridized carbons (Fsp3) is 0.438. The van der Waals surface area contributed by atoms with Crippen molar-refractivity contribution in [2.45, 2.75) is 13.0 Å². The first kappa shape index (κ1) is 17.2. The van der Waals surface area contributed by atoms with E-state index in [1.165, 1.54) is 18.1 Å². The van der Waals surface area contributed by atoms with Gasteiger partial charge >= 0.3 is 0 Å². The van der Waals surface area contributed by atoms with Crippen molar-refractivity contribution in [3.8, 4) is 5.75 Å². The summed E-state index contributed by atoms with van der Waals surface area (Å²) in [5.74, 6) is 0.639. The molecule has 1 aromatic rings. The van der Waals surface area contributed by atoms with E-state index in [4.69, 9.17) is 9.47 Å². The third-order valence-electron chi connectivity index (χ3n) is 2.83. The van der Waals surface area contributed by atoms with E-state index >= 15 is 0 Å². The summed E-state index contributed by atoms with van der Waals surface area (Å²) in [6.07, 6.45) is 2.54. The molecule has 0 radical (unpaired) electrons. The monoisotopic (exact) mass is 293 g/mol. The van der Waals surface area contributed by atoms with Gasteiger partial charge in [0.2, 0.25) is 5.91 Å². The minimum absolute atomic E-state index is 0.168. The molecule has 1 N–H and O–H groups in total. The first-order chi connectivity index (χ1) is 10.1. The van der Waals surface area contributed by atoms with Gasteiger partial charge in [0.15, 0.2) is 0 Å². The van der Waals surface area contributed by atoms with Crippen LogP contribution in [-0.2, 0) is 9.53 Å². The second kappa shape index (κ2) is 9.15. The lowest BCUT2D eigenvalue weighted by molar-refractivity contribution is -0.126. The Balaban J connectivity index is 2.52. The Bertz CT molecular complexity index is 456. The lowest BCUT2D eigenvalue weighted by Gasteiger charge is -2.18. The van der Waals surface area contributed by atoms with Crippen molar-refractivity contribution in [1.82, 2.24) is 4.90 Å². The second-order valence-corrected chi connectivity index (χ2v) is 4.66. The Morgan fingerprint density at radius 3 is 2.62 bits per heavy atom. The van der Waals surface area contributed by atoms with Gasteiger partial charge < -0.3 is 19.5 Å². The highest BCUT2D eigenvalue weighted by Crippen LogP contribution is 2.13. The minimum atomic E-state index is -0.678. The summed E-state index contributed by atoms with van der Waals surface area (Å²) >= 11 is 0. The number of methoxy groups -OCH3 is 1. The molecule has 0 aromatic heterocycles. The maximum atomic E-state index is 11.9. The topological polar surface area (TPSA) is 59.0 Å². The molecule has 0 spiro atoms. The van der Waals surface area contributed by atoms with Crippen LogP contribution >= 0.6 is 0 Å². The van der Waals surface area contributed by atoms with Gasteiger partial charge in [-0.1, -0.05) is 12.1 Å². The second-order valence-electron chi connectivity index (χ2n) is 4.66. The highest BCUT2D eigenvalue weighted by molar-refractivity contribution is 5.91. The molecule has 0 aliphatic rings. The Morgan fingerprint density at radius 2 is 2.05 bits per heavy atom. The predicted molar refractivity (Wildman–Crippen MR) is 82.2 cm³/mol. The third kappa shape index (κ3) is 6.42. The molecule has 0 heterocycles. The fourth-order valence-electron chi connectivity index (χ4n) is 1.79. The van der Waals surface area contributed by atoms with Crippen molar-refractivity contribution < 1.29 is 19.4 Å². The molecule has 0 fully saturated rings. The third-order valence-corrected chi connectivity index (χ3v) is 2.83. The molecule has 0 saturated carbocycles. The van der Waals surface area contributed by atoms with E-state index in [1.807, 2.05) is 31.2 Å². The van der Waals surface area contributed by atoms with Crippen molar-refractivity contribution in [1.29, 1.82) is 0 Å². The number of rotatable bonds is 8. The van der Waals surface area contributed by atoms with Crippen molar-refractivity contribution >= 4 is 12.0 Å². The standard InChI is InChI=1S/C16H23NO4/c1-4-21-15-8-5-13(6-9-15)7-10-16(19)17(2)11-14(18)12-20-3/h5-10,14,18H,4,11-12H2,1-3H3. The van der Waals surface area contributed by atoms with Crippen LogP contribution in [0, 0.1) is 0 Å². The maximum absolute atomic E-state index is 11.9. The van der Waals surface area contributed by atoms with E-state index in [0.717, 1.165) is 11.3 Å². The molecule has 1 amide bonds. The first-order valence-corrected chi connectivity index (χ1v) is 6.89. The molecule has 0 aliphatic heterocycles. The van der Waals surface area contributed by atoms with E-state index in [-0.39, 0.29) is 19.1 Å². The molecular weight excluding hydrogens is 270 g/mol. The molecule has 1 rings (SSSR count). The van der Waals surface area contributed by atoms with Gasteiger partial charge in [0.1, 0.15) is 5.75 Å². The largest absolute Gasteiger partial charge is 0.494 e. The summed E-state index contributed by atoms with van der Waals surface area (Å²) in [5.41, 5.74) is 0.914. The van der Waals surface area contributed by atoms with E-state index in [0.29, 0.717) is 6.61 Å². The number of aliphatic hydroxyl groups is 1. The van der Waals surface area contributed by atoms with E-state index in [2.05, 4.69) is 0 Å². The maximum Gasteiger partial charge on any atom is 0.246 e. The smallest absolute Gasteiger partial charge is 0.246 e. The average Bonchev–Trinajstić information content (AvgIpc) is 2.46. The summed E-state index contributed by atoms with van der Waals surface area (Å²) in [6, 6.07) is 7.49. The van der Waals surface area contributed by atoms with Crippen LogP contribution in [0.1, 0.15) is 12.5 Å². The number of carbonyl (C=O) groups excluding carboxylic acids is 1. The summed E-state index contributed by atoms with van der Waals surface area (Å²) < 4.78 is 10.2. The van der Waals surface area contributed by atoms with Crippen LogP contribution in [0.5, 0.6) is 5.75 Å². The molecular formula is C16H23NO4. The lowest BCUT2D eigenvalue weighted by atomic mass is 10.2. The number of hydrogen-bond donors (Lipinski definition) is 1. The fourth-order valence-corrected chi connectivity index (χ4v) is 1.79.